The summed E-state index contributed by atoms with van der Waals surface area (Å²) in [7, 11) is 1.79. The van der Waals surface area contributed by atoms with Crippen LogP contribution < -0.4 is 4.74 Å². The van der Waals surface area contributed by atoms with E-state index in [1.165, 1.54) is 47.9 Å². The minimum atomic E-state index is 0.128. The second-order valence-corrected chi connectivity index (χ2v) is 7.86. The van der Waals surface area contributed by atoms with Crippen LogP contribution in [0.4, 0.5) is 0 Å². The average molecular weight is 351 g/mol. The van der Waals surface area contributed by atoms with E-state index in [4.69, 9.17) is 4.74 Å². The molecule has 0 aromatic heterocycles. The number of rotatable bonds is 6. The Morgan fingerprint density at radius 1 is 1.12 bits per heavy atom. The molecular weight excluding hydrogens is 322 g/mol. The van der Waals surface area contributed by atoms with E-state index in [0.717, 1.165) is 37.4 Å². The first-order valence-corrected chi connectivity index (χ1v) is 9.85. The monoisotopic (exact) mass is 351 g/mol. The van der Waals surface area contributed by atoms with Gasteiger partial charge in [-0.1, -0.05) is 30.3 Å². The van der Waals surface area contributed by atoms with Gasteiger partial charge in [0.2, 0.25) is 0 Å². The zero-order valence-electron chi connectivity index (χ0n) is 15.7. The summed E-state index contributed by atoms with van der Waals surface area (Å²) >= 11 is 0. The minimum Gasteiger partial charge on any atom is -0.496 e. The second-order valence-electron chi connectivity index (χ2n) is 7.86. The molecule has 1 saturated heterocycles. The van der Waals surface area contributed by atoms with Crippen molar-refractivity contribution in [1.29, 1.82) is 0 Å². The summed E-state index contributed by atoms with van der Waals surface area (Å²) in [6, 6.07) is 13.0. The highest BCUT2D eigenvalue weighted by molar-refractivity contribution is 5.44. The SMILES string of the molecule is COc1cc2c(cc1CN1CC[C@H](Cc3cccc(CO)c3)C1)CCC2. The van der Waals surface area contributed by atoms with Gasteiger partial charge in [0.25, 0.3) is 0 Å². The number of ether oxygens (including phenoxy) is 1. The maximum absolute atomic E-state index is 9.32. The van der Waals surface area contributed by atoms with Crippen molar-refractivity contribution >= 4 is 0 Å². The van der Waals surface area contributed by atoms with Crippen LogP contribution in [-0.4, -0.2) is 30.2 Å². The van der Waals surface area contributed by atoms with E-state index >= 15 is 0 Å². The first kappa shape index (κ1) is 17.6. The minimum absolute atomic E-state index is 0.128. The van der Waals surface area contributed by atoms with Gasteiger partial charge in [-0.3, -0.25) is 4.90 Å². The molecule has 3 heteroatoms. The third-order valence-electron chi connectivity index (χ3n) is 5.96. The maximum Gasteiger partial charge on any atom is 0.123 e. The molecule has 26 heavy (non-hydrogen) atoms. The van der Waals surface area contributed by atoms with Crippen LogP contribution in [0.2, 0.25) is 0 Å². The summed E-state index contributed by atoms with van der Waals surface area (Å²) in [6.45, 7) is 3.42. The Balaban J connectivity index is 1.40. The van der Waals surface area contributed by atoms with Crippen LogP contribution in [0.3, 0.4) is 0 Å². The van der Waals surface area contributed by atoms with Gasteiger partial charge in [0.15, 0.2) is 0 Å². The lowest BCUT2D eigenvalue weighted by Gasteiger charge is -2.19. The number of aryl methyl sites for hydroxylation is 2. The number of benzene rings is 2. The smallest absolute Gasteiger partial charge is 0.123 e. The number of methoxy groups -OCH3 is 1. The Bertz CT molecular complexity index is 771. The van der Waals surface area contributed by atoms with Gasteiger partial charge in [-0.25, -0.2) is 0 Å². The van der Waals surface area contributed by atoms with Crippen LogP contribution in [0.5, 0.6) is 5.75 Å². The molecule has 2 aromatic carbocycles. The standard InChI is InChI=1S/C23H29NO2/c1-26-23-13-21-7-3-6-20(21)12-22(23)15-24-9-8-18(14-24)10-17-4-2-5-19(11-17)16-25/h2,4-5,11-13,18,25H,3,6-10,14-16H2,1H3/t18-/m1/s1. The van der Waals surface area contributed by atoms with Gasteiger partial charge in [-0.15, -0.1) is 0 Å². The van der Waals surface area contributed by atoms with E-state index < -0.39 is 0 Å². The molecule has 0 unspecified atom stereocenters. The van der Waals surface area contributed by atoms with Crippen LogP contribution in [0, 0.1) is 5.92 Å². The molecule has 1 aliphatic heterocycles. The Morgan fingerprint density at radius 2 is 1.92 bits per heavy atom. The van der Waals surface area contributed by atoms with Gasteiger partial charge in [0.05, 0.1) is 13.7 Å². The lowest BCUT2D eigenvalue weighted by Crippen LogP contribution is -2.21. The molecule has 1 fully saturated rings. The zero-order chi connectivity index (χ0) is 17.9. The molecule has 1 aliphatic carbocycles. The number of fused-ring (bicyclic) bond motifs is 1. The lowest BCUT2D eigenvalue weighted by atomic mass is 9.97. The van der Waals surface area contributed by atoms with Crippen molar-refractivity contribution in [2.24, 2.45) is 5.92 Å². The highest BCUT2D eigenvalue weighted by atomic mass is 16.5. The third-order valence-corrected chi connectivity index (χ3v) is 5.96. The Kier molecular flexibility index (Phi) is 5.28. The molecule has 0 bridgehead atoms. The third kappa shape index (κ3) is 3.79. The summed E-state index contributed by atoms with van der Waals surface area (Å²) in [5.41, 5.74) is 6.71. The topological polar surface area (TPSA) is 32.7 Å². The fourth-order valence-corrected chi connectivity index (χ4v) is 4.62. The average Bonchev–Trinajstić information content (AvgIpc) is 3.30. The highest BCUT2D eigenvalue weighted by Gasteiger charge is 2.24. The molecule has 0 radical (unpaired) electrons. The molecular formula is C23H29NO2. The van der Waals surface area contributed by atoms with Crippen LogP contribution in [-0.2, 0) is 32.4 Å². The van der Waals surface area contributed by atoms with Crippen molar-refractivity contribution in [2.45, 2.75) is 45.3 Å². The normalized spacial score (nSPS) is 19.7. The Hall–Kier alpha value is -1.84. The molecule has 1 atom stereocenters. The van der Waals surface area contributed by atoms with Crippen molar-refractivity contribution in [3.05, 3.63) is 64.2 Å². The summed E-state index contributed by atoms with van der Waals surface area (Å²) in [4.78, 5) is 2.57. The molecule has 138 valence electrons. The molecule has 2 aliphatic rings. The molecule has 1 N–H and O–H groups in total. The first-order valence-electron chi connectivity index (χ1n) is 9.85. The second kappa shape index (κ2) is 7.81. The van der Waals surface area contributed by atoms with Crippen LogP contribution in [0.15, 0.2) is 36.4 Å². The van der Waals surface area contributed by atoms with E-state index in [2.05, 4.69) is 35.2 Å². The fourth-order valence-electron chi connectivity index (χ4n) is 4.62. The van der Waals surface area contributed by atoms with Crippen molar-refractivity contribution in [3.63, 3.8) is 0 Å². The van der Waals surface area contributed by atoms with Gasteiger partial charge >= 0.3 is 0 Å². The first-order chi connectivity index (χ1) is 12.7. The van der Waals surface area contributed by atoms with Crippen LogP contribution in [0.25, 0.3) is 0 Å². The number of aliphatic hydroxyl groups is 1. The van der Waals surface area contributed by atoms with E-state index in [-0.39, 0.29) is 6.61 Å². The van der Waals surface area contributed by atoms with Gasteiger partial charge in [0.1, 0.15) is 5.75 Å². The van der Waals surface area contributed by atoms with Gasteiger partial charge < -0.3 is 9.84 Å². The number of aliphatic hydroxyl groups excluding tert-OH is 1. The zero-order valence-corrected chi connectivity index (χ0v) is 15.7. The number of likely N-dealkylation sites (tertiary alicyclic amines) is 1. The van der Waals surface area contributed by atoms with Crippen LogP contribution >= 0.6 is 0 Å². The quantitative estimate of drug-likeness (QED) is 0.860. The Morgan fingerprint density at radius 3 is 2.73 bits per heavy atom. The van der Waals surface area contributed by atoms with Crippen molar-refractivity contribution in [3.8, 4) is 5.75 Å². The van der Waals surface area contributed by atoms with E-state index in [1.807, 2.05) is 6.07 Å². The number of nitrogens with zero attached hydrogens (tertiary/aromatic N) is 1. The summed E-state index contributed by atoms with van der Waals surface area (Å²) in [5, 5.41) is 9.32. The summed E-state index contributed by atoms with van der Waals surface area (Å²) < 4.78 is 5.68. The van der Waals surface area contributed by atoms with Crippen molar-refractivity contribution in [2.75, 3.05) is 20.2 Å². The predicted molar refractivity (Wildman–Crippen MR) is 104 cm³/mol. The molecule has 3 nitrogen and oxygen atoms in total. The van der Waals surface area contributed by atoms with Crippen molar-refractivity contribution < 1.29 is 9.84 Å². The molecule has 0 saturated carbocycles. The van der Waals surface area contributed by atoms with Gasteiger partial charge in [0, 0.05) is 18.7 Å². The summed E-state index contributed by atoms with van der Waals surface area (Å²) in [5.74, 6) is 1.76. The van der Waals surface area contributed by atoms with Gasteiger partial charge in [-0.05, 0) is 72.9 Å². The van der Waals surface area contributed by atoms with E-state index in [1.54, 1.807) is 7.11 Å². The van der Waals surface area contributed by atoms with E-state index in [0.29, 0.717) is 5.92 Å². The molecule has 2 aromatic rings. The number of hydrogen-bond donors (Lipinski definition) is 1. The predicted octanol–water partition coefficient (Wildman–Crippen LogP) is 3.74. The fraction of sp³-hybridized carbons (Fsp3) is 0.478. The van der Waals surface area contributed by atoms with Crippen molar-refractivity contribution in [1.82, 2.24) is 4.90 Å². The van der Waals surface area contributed by atoms with Gasteiger partial charge in [-0.2, -0.15) is 0 Å². The molecule has 4 rings (SSSR count). The largest absolute Gasteiger partial charge is 0.496 e. The molecule has 0 spiro atoms. The highest BCUT2D eigenvalue weighted by Crippen LogP contribution is 2.32. The molecule has 0 amide bonds. The molecule has 1 heterocycles. The summed E-state index contributed by atoms with van der Waals surface area (Å²) in [6.07, 6.45) is 6.05. The maximum atomic E-state index is 9.32. The number of hydrogen-bond acceptors (Lipinski definition) is 3. The Labute approximate surface area is 156 Å². The van der Waals surface area contributed by atoms with Crippen LogP contribution in [0.1, 0.15) is 40.7 Å². The lowest BCUT2D eigenvalue weighted by molar-refractivity contribution is 0.281. The van der Waals surface area contributed by atoms with E-state index in [9.17, 15) is 5.11 Å².